The molecule has 0 amide bonds. The first kappa shape index (κ1) is 11.9. The summed E-state index contributed by atoms with van der Waals surface area (Å²) in [5.41, 5.74) is 2.54. The molecule has 0 aliphatic carbocycles. The minimum atomic E-state index is -0.801. The first-order chi connectivity index (χ1) is 9.15. The molecule has 3 heteroatoms. The number of hydrogen-bond acceptors (Lipinski definition) is 0. The summed E-state index contributed by atoms with van der Waals surface area (Å²) in [4.78, 5) is 0. The maximum absolute atomic E-state index is 13.7. The van der Waals surface area contributed by atoms with Gasteiger partial charge in [-0.1, -0.05) is 24.3 Å². The van der Waals surface area contributed by atoms with Crippen LogP contribution in [0.2, 0.25) is 0 Å². The number of aromatic nitrogens is 1. The molecule has 0 atom stereocenters. The van der Waals surface area contributed by atoms with Gasteiger partial charge in [-0.25, -0.2) is 8.78 Å². The maximum Gasteiger partial charge on any atom is 0.163 e. The van der Waals surface area contributed by atoms with Crippen molar-refractivity contribution < 1.29 is 8.78 Å². The highest BCUT2D eigenvalue weighted by Crippen LogP contribution is 2.20. The largest absolute Gasteiger partial charge is 0.343 e. The summed E-state index contributed by atoms with van der Waals surface area (Å²) in [7, 11) is 0. The molecular formula is C16H13F2N. The highest BCUT2D eigenvalue weighted by Gasteiger charge is 2.09. The fourth-order valence-electron chi connectivity index (χ4n) is 2.29. The van der Waals surface area contributed by atoms with Gasteiger partial charge in [0.1, 0.15) is 0 Å². The summed E-state index contributed by atoms with van der Waals surface area (Å²) in [6.07, 6.45) is 1.90. The lowest BCUT2D eigenvalue weighted by Crippen LogP contribution is -2.02. The summed E-state index contributed by atoms with van der Waals surface area (Å²) in [5.74, 6) is -1.57. The van der Waals surface area contributed by atoms with Gasteiger partial charge in [-0.2, -0.15) is 0 Å². The molecule has 0 saturated carbocycles. The topological polar surface area (TPSA) is 4.93 Å². The van der Waals surface area contributed by atoms with E-state index in [1.54, 1.807) is 6.07 Å². The van der Waals surface area contributed by atoms with Gasteiger partial charge < -0.3 is 4.57 Å². The van der Waals surface area contributed by atoms with Crippen LogP contribution >= 0.6 is 0 Å². The molecule has 3 aromatic rings. The molecule has 0 spiro atoms. The highest BCUT2D eigenvalue weighted by atomic mass is 19.2. The van der Waals surface area contributed by atoms with Crippen LogP contribution in [0.5, 0.6) is 0 Å². The van der Waals surface area contributed by atoms with E-state index in [1.165, 1.54) is 6.07 Å². The smallest absolute Gasteiger partial charge is 0.163 e. The number of hydrogen-bond donors (Lipinski definition) is 0. The van der Waals surface area contributed by atoms with Gasteiger partial charge in [0.05, 0.1) is 6.54 Å². The van der Waals surface area contributed by atoms with Gasteiger partial charge in [-0.3, -0.25) is 0 Å². The Kier molecular flexibility index (Phi) is 2.82. The number of nitrogens with zero attached hydrogens (tertiary/aromatic N) is 1. The van der Waals surface area contributed by atoms with Crippen molar-refractivity contribution in [2.24, 2.45) is 0 Å². The predicted octanol–water partition coefficient (Wildman–Crippen LogP) is 4.28. The minimum Gasteiger partial charge on any atom is -0.343 e. The van der Waals surface area contributed by atoms with Crippen LogP contribution in [0.4, 0.5) is 8.78 Å². The van der Waals surface area contributed by atoms with Gasteiger partial charge >= 0.3 is 0 Å². The van der Waals surface area contributed by atoms with Crippen molar-refractivity contribution in [1.82, 2.24) is 4.57 Å². The van der Waals surface area contributed by atoms with Crippen molar-refractivity contribution in [2.45, 2.75) is 13.5 Å². The van der Waals surface area contributed by atoms with Crippen molar-refractivity contribution in [3.63, 3.8) is 0 Å². The second-order valence-corrected chi connectivity index (χ2v) is 4.72. The zero-order chi connectivity index (χ0) is 13.4. The van der Waals surface area contributed by atoms with E-state index in [4.69, 9.17) is 0 Å². The minimum absolute atomic E-state index is 0.330. The third-order valence-electron chi connectivity index (χ3n) is 3.30. The molecule has 0 unspecified atom stereocenters. The highest BCUT2D eigenvalue weighted by molar-refractivity contribution is 5.80. The monoisotopic (exact) mass is 257 g/mol. The van der Waals surface area contributed by atoms with Crippen molar-refractivity contribution in [1.29, 1.82) is 0 Å². The molecular weight excluding hydrogens is 244 g/mol. The molecule has 0 aliphatic rings. The predicted molar refractivity (Wildman–Crippen MR) is 72.1 cm³/mol. The van der Waals surface area contributed by atoms with Gasteiger partial charge in [-0.15, -0.1) is 0 Å². The van der Waals surface area contributed by atoms with E-state index in [9.17, 15) is 8.78 Å². The molecule has 0 fully saturated rings. The Morgan fingerprint density at radius 2 is 1.89 bits per heavy atom. The Morgan fingerprint density at radius 3 is 2.74 bits per heavy atom. The Bertz CT molecular complexity index is 744. The van der Waals surface area contributed by atoms with Crippen molar-refractivity contribution >= 4 is 10.9 Å². The summed E-state index contributed by atoms with van der Waals surface area (Å²) in [6.45, 7) is 2.34. The van der Waals surface area contributed by atoms with E-state index in [0.29, 0.717) is 12.1 Å². The number of benzene rings is 2. The molecule has 0 bridgehead atoms. The zero-order valence-electron chi connectivity index (χ0n) is 10.5. The molecule has 19 heavy (non-hydrogen) atoms. The Balaban J connectivity index is 2.06. The molecule has 96 valence electrons. The van der Waals surface area contributed by atoms with E-state index in [-0.39, 0.29) is 0 Å². The van der Waals surface area contributed by atoms with E-state index in [0.717, 1.165) is 22.5 Å². The molecule has 0 saturated heterocycles. The molecule has 0 aliphatic heterocycles. The Hall–Kier alpha value is -2.16. The number of fused-ring (bicyclic) bond motifs is 1. The average Bonchev–Trinajstić information content (AvgIpc) is 2.78. The second-order valence-electron chi connectivity index (χ2n) is 4.72. The van der Waals surface area contributed by atoms with Crippen LogP contribution in [-0.2, 0) is 6.54 Å². The van der Waals surface area contributed by atoms with Crippen molar-refractivity contribution in [3.8, 4) is 0 Å². The van der Waals surface area contributed by atoms with Crippen LogP contribution in [-0.4, -0.2) is 4.57 Å². The molecule has 1 heterocycles. The third-order valence-corrected chi connectivity index (χ3v) is 3.30. The number of rotatable bonds is 2. The summed E-state index contributed by atoms with van der Waals surface area (Å²) in [6, 6.07) is 12.4. The molecule has 0 N–H and O–H groups in total. The summed E-state index contributed by atoms with van der Waals surface area (Å²) in [5, 5.41) is 1.10. The fourth-order valence-corrected chi connectivity index (χ4v) is 2.29. The molecule has 1 nitrogen and oxygen atoms in total. The first-order valence-electron chi connectivity index (χ1n) is 6.13. The van der Waals surface area contributed by atoms with Crippen LogP contribution in [0.15, 0.2) is 48.7 Å². The first-order valence-corrected chi connectivity index (χ1v) is 6.13. The van der Waals surface area contributed by atoms with Crippen LogP contribution in [0, 0.1) is 18.6 Å². The molecule has 3 rings (SSSR count). The Morgan fingerprint density at radius 1 is 1.05 bits per heavy atom. The van der Waals surface area contributed by atoms with E-state index in [1.807, 2.05) is 42.0 Å². The average molecular weight is 257 g/mol. The maximum atomic E-state index is 13.7. The van der Waals surface area contributed by atoms with Gasteiger partial charge in [0, 0.05) is 17.3 Å². The van der Waals surface area contributed by atoms with E-state index in [2.05, 4.69) is 0 Å². The third kappa shape index (κ3) is 2.12. The summed E-state index contributed by atoms with van der Waals surface area (Å²) < 4.78 is 28.8. The lowest BCUT2D eigenvalue weighted by Gasteiger charge is -2.07. The van der Waals surface area contributed by atoms with Crippen molar-refractivity contribution in [3.05, 3.63) is 71.4 Å². The molecule has 2 aromatic carbocycles. The van der Waals surface area contributed by atoms with E-state index >= 15 is 0 Å². The van der Waals surface area contributed by atoms with Crippen LogP contribution in [0.3, 0.4) is 0 Å². The van der Waals surface area contributed by atoms with Gasteiger partial charge in [0.2, 0.25) is 0 Å². The number of aryl methyl sites for hydroxylation is 1. The zero-order valence-corrected chi connectivity index (χ0v) is 10.5. The van der Waals surface area contributed by atoms with E-state index < -0.39 is 11.6 Å². The fraction of sp³-hybridized carbons (Fsp3) is 0.125. The molecule has 0 radical (unpaired) electrons. The van der Waals surface area contributed by atoms with Gasteiger partial charge in [-0.05, 0) is 36.1 Å². The SMILES string of the molecule is Cc1ccc2ccn(Cc3cccc(F)c3F)c2c1. The lowest BCUT2D eigenvalue weighted by molar-refractivity contribution is 0.496. The normalized spacial score (nSPS) is 11.1. The van der Waals surface area contributed by atoms with Crippen LogP contribution in [0.1, 0.15) is 11.1 Å². The van der Waals surface area contributed by atoms with Gasteiger partial charge in [0.25, 0.3) is 0 Å². The summed E-state index contributed by atoms with van der Waals surface area (Å²) >= 11 is 0. The van der Waals surface area contributed by atoms with Gasteiger partial charge in [0.15, 0.2) is 11.6 Å². The number of halogens is 2. The Labute approximate surface area is 110 Å². The standard InChI is InChI=1S/C16H13F2N/c1-11-5-6-12-7-8-19(15(12)9-11)10-13-3-2-4-14(17)16(13)18/h2-9H,10H2,1H3. The quantitative estimate of drug-likeness (QED) is 0.646. The molecule has 1 aromatic heterocycles. The van der Waals surface area contributed by atoms with Crippen molar-refractivity contribution in [2.75, 3.05) is 0 Å². The second kappa shape index (κ2) is 4.50. The van der Waals surface area contributed by atoms with Crippen LogP contribution in [0.25, 0.3) is 10.9 Å². The van der Waals surface area contributed by atoms with Crippen LogP contribution < -0.4 is 0 Å². The lowest BCUT2D eigenvalue weighted by atomic mass is 10.1.